The predicted octanol–water partition coefficient (Wildman–Crippen LogP) is 10.2. The van der Waals surface area contributed by atoms with Crippen LogP contribution in [0.25, 0.3) is 0 Å². The number of aliphatic imine (C=N–C) groups is 2. The summed E-state index contributed by atoms with van der Waals surface area (Å²) in [6, 6.07) is 21.3. The summed E-state index contributed by atoms with van der Waals surface area (Å²) in [5.41, 5.74) is 13.5. The lowest BCUT2D eigenvalue weighted by atomic mass is 10.0. The molecule has 0 saturated heterocycles. The highest BCUT2D eigenvalue weighted by Crippen LogP contribution is 2.27. The molecule has 0 amide bonds. The molecule has 0 bridgehead atoms. The van der Waals surface area contributed by atoms with Gasteiger partial charge in [-0.1, -0.05) is 70.2 Å². The van der Waals surface area contributed by atoms with Gasteiger partial charge in [-0.2, -0.15) is 0 Å². The van der Waals surface area contributed by atoms with Crippen molar-refractivity contribution >= 4 is 34.2 Å². The number of hydrogen-bond acceptors (Lipinski definition) is 4. The van der Waals surface area contributed by atoms with E-state index in [0.717, 1.165) is 71.3 Å². The van der Waals surface area contributed by atoms with E-state index < -0.39 is 0 Å². The van der Waals surface area contributed by atoms with Crippen LogP contribution in [0.15, 0.2) is 94.2 Å². The molecule has 3 aromatic carbocycles. The molecule has 0 aliphatic carbocycles. The molecule has 0 fully saturated rings. The highest BCUT2D eigenvalue weighted by molar-refractivity contribution is 5.96. The van der Waals surface area contributed by atoms with E-state index in [9.17, 15) is 0 Å². The zero-order valence-corrected chi connectivity index (χ0v) is 25.7. The van der Waals surface area contributed by atoms with Crippen LogP contribution in [0, 0.1) is 0 Å². The largest absolute Gasteiger partial charge is 0.359 e. The molecule has 210 valence electrons. The molecule has 2 N–H and O–H groups in total. The highest BCUT2D eigenvalue weighted by Gasteiger charge is 2.07. The first-order valence-corrected chi connectivity index (χ1v) is 14.6. The van der Waals surface area contributed by atoms with E-state index >= 15 is 0 Å². The Hall–Kier alpha value is -3.92. The summed E-state index contributed by atoms with van der Waals surface area (Å²) in [6.07, 6.45) is 8.13. The number of nitrogens with zero attached hydrogens (tertiary/aromatic N) is 2. The Balaban J connectivity index is 1.74. The van der Waals surface area contributed by atoms with Gasteiger partial charge in [0.2, 0.25) is 0 Å². The van der Waals surface area contributed by atoms with Gasteiger partial charge in [0.05, 0.1) is 11.4 Å². The summed E-state index contributed by atoms with van der Waals surface area (Å²) in [6.45, 7) is 17.0. The molecule has 3 aromatic rings. The van der Waals surface area contributed by atoms with Crippen LogP contribution >= 0.6 is 0 Å². The number of aryl methyl sites for hydroxylation is 4. The number of nitrogens with one attached hydrogen (secondary N) is 2. The molecule has 0 aliphatic rings. The topological polar surface area (TPSA) is 48.8 Å². The monoisotopic (exact) mass is 534 g/mol. The van der Waals surface area contributed by atoms with Crippen molar-refractivity contribution in [3.8, 4) is 0 Å². The lowest BCUT2D eigenvalue weighted by molar-refractivity contribution is 1.08. The van der Waals surface area contributed by atoms with Crippen LogP contribution in [-0.4, -0.2) is 11.4 Å². The Morgan fingerprint density at radius 3 is 1.20 bits per heavy atom. The predicted molar refractivity (Wildman–Crippen MR) is 177 cm³/mol. The Morgan fingerprint density at radius 1 is 0.550 bits per heavy atom. The normalized spacial score (nSPS) is 13.0. The van der Waals surface area contributed by atoms with Gasteiger partial charge in [-0.05, 0) is 106 Å². The third-order valence-corrected chi connectivity index (χ3v) is 6.90. The molecule has 0 radical (unpaired) electrons. The first kappa shape index (κ1) is 30.6. The third-order valence-electron chi connectivity index (χ3n) is 6.90. The van der Waals surface area contributed by atoms with Crippen LogP contribution in [-0.2, 0) is 25.7 Å². The number of benzene rings is 3. The van der Waals surface area contributed by atoms with Gasteiger partial charge in [-0.25, -0.2) is 0 Å². The van der Waals surface area contributed by atoms with Crippen molar-refractivity contribution in [2.45, 2.75) is 81.1 Å². The minimum absolute atomic E-state index is 0.978. The molecule has 40 heavy (non-hydrogen) atoms. The molecule has 3 rings (SSSR count). The average Bonchev–Trinajstić information content (AvgIpc) is 2.93. The zero-order chi connectivity index (χ0) is 29.1. The van der Waals surface area contributed by atoms with Crippen molar-refractivity contribution in [1.29, 1.82) is 0 Å². The number of hydrogen-bond donors (Lipinski definition) is 2. The molecule has 0 spiro atoms. The molecule has 0 aromatic heterocycles. The Bertz CT molecular complexity index is 1270. The van der Waals surface area contributed by atoms with Gasteiger partial charge in [0.1, 0.15) is 0 Å². The van der Waals surface area contributed by atoms with Gasteiger partial charge in [0.25, 0.3) is 0 Å². The van der Waals surface area contributed by atoms with E-state index in [0.29, 0.717) is 0 Å². The van der Waals surface area contributed by atoms with Gasteiger partial charge < -0.3 is 10.6 Å². The van der Waals surface area contributed by atoms with Crippen LogP contribution < -0.4 is 10.6 Å². The molecule has 0 atom stereocenters. The lowest BCUT2D eigenvalue weighted by Gasteiger charge is -2.12. The quantitative estimate of drug-likeness (QED) is 0.227. The Morgan fingerprint density at radius 2 is 0.875 bits per heavy atom. The first-order valence-electron chi connectivity index (χ1n) is 14.6. The Labute approximate surface area is 242 Å². The fraction of sp³-hybridized carbons (Fsp3) is 0.333. The highest BCUT2D eigenvalue weighted by atomic mass is 14.9. The zero-order valence-electron chi connectivity index (χ0n) is 25.7. The fourth-order valence-corrected chi connectivity index (χ4v) is 4.96. The summed E-state index contributed by atoms with van der Waals surface area (Å²) < 4.78 is 0. The van der Waals surface area contributed by atoms with E-state index in [1.807, 2.05) is 0 Å². The van der Waals surface area contributed by atoms with Crippen LogP contribution in [0.3, 0.4) is 0 Å². The minimum Gasteiger partial charge on any atom is -0.359 e. The summed E-state index contributed by atoms with van der Waals surface area (Å²) in [5, 5.41) is 7.05. The molecule has 4 heteroatoms. The number of allylic oxidation sites excluding steroid dienone is 4. The van der Waals surface area contributed by atoms with Gasteiger partial charge in [-0.15, -0.1) is 0 Å². The number of rotatable bonds is 12. The second-order valence-corrected chi connectivity index (χ2v) is 10.3. The smallest absolute Gasteiger partial charge is 0.0696 e. The summed E-state index contributed by atoms with van der Waals surface area (Å²) >= 11 is 0. The van der Waals surface area contributed by atoms with Gasteiger partial charge in [0.15, 0.2) is 0 Å². The lowest BCUT2D eigenvalue weighted by Crippen LogP contribution is -2.02. The van der Waals surface area contributed by atoms with Gasteiger partial charge >= 0.3 is 0 Å². The van der Waals surface area contributed by atoms with Crippen LogP contribution in [0.5, 0.6) is 0 Å². The van der Waals surface area contributed by atoms with Crippen LogP contribution in [0.1, 0.15) is 77.6 Å². The van der Waals surface area contributed by atoms with Crippen molar-refractivity contribution < 1.29 is 0 Å². The van der Waals surface area contributed by atoms with E-state index in [1.54, 1.807) is 0 Å². The summed E-state index contributed by atoms with van der Waals surface area (Å²) in [5.74, 6) is 0. The number of anilines is 2. The SMILES string of the molecule is CCc1cccc(CC)c1N=C(C)/C=C(\C)Nc1cccc(N/C(C)=C/C(C)=Nc2c(CC)cccc2CC)c1. The van der Waals surface area contributed by atoms with Crippen molar-refractivity contribution in [2.75, 3.05) is 10.6 Å². The molecule has 0 unspecified atom stereocenters. The summed E-state index contributed by atoms with van der Waals surface area (Å²) in [7, 11) is 0. The minimum atomic E-state index is 0.978. The molecule has 0 heterocycles. The van der Waals surface area contributed by atoms with E-state index in [2.05, 4.69) is 139 Å². The maximum Gasteiger partial charge on any atom is 0.0696 e. The van der Waals surface area contributed by atoms with Crippen molar-refractivity contribution in [3.63, 3.8) is 0 Å². The molecule has 0 saturated carbocycles. The number of para-hydroxylation sites is 2. The third kappa shape index (κ3) is 8.54. The molecular formula is C36H46N4. The Kier molecular flexibility index (Phi) is 11.5. The van der Waals surface area contributed by atoms with Crippen molar-refractivity contribution in [3.05, 3.63) is 106 Å². The second kappa shape index (κ2) is 15.0. The fourth-order valence-electron chi connectivity index (χ4n) is 4.96. The van der Waals surface area contributed by atoms with E-state index in [4.69, 9.17) is 9.98 Å². The van der Waals surface area contributed by atoms with Gasteiger partial charge in [-0.3, -0.25) is 9.98 Å². The maximum absolute atomic E-state index is 4.99. The average molecular weight is 535 g/mol. The van der Waals surface area contributed by atoms with Crippen molar-refractivity contribution in [1.82, 2.24) is 0 Å². The molecule has 4 nitrogen and oxygen atoms in total. The van der Waals surface area contributed by atoms with Gasteiger partial charge in [0, 0.05) is 34.2 Å². The van der Waals surface area contributed by atoms with E-state index in [1.165, 1.54) is 22.3 Å². The summed E-state index contributed by atoms with van der Waals surface area (Å²) in [4.78, 5) is 9.97. The molecule has 0 aliphatic heterocycles. The second-order valence-electron chi connectivity index (χ2n) is 10.3. The standard InChI is InChI=1S/C36H46N4/c1-9-29-16-13-17-30(10-2)35(29)39-27(7)22-25(5)37-33-20-15-21-34(24-33)38-26(6)23-28(8)40-36-31(11-3)18-14-19-32(36)12-4/h13-24,37-38H,9-12H2,1-8H3/b25-22+,26-23+,39-27?,40-28?. The maximum atomic E-state index is 4.99. The van der Waals surface area contributed by atoms with Crippen LogP contribution in [0.2, 0.25) is 0 Å². The van der Waals surface area contributed by atoms with E-state index in [-0.39, 0.29) is 0 Å². The molecular weight excluding hydrogens is 488 g/mol. The first-order chi connectivity index (χ1) is 19.3. The van der Waals surface area contributed by atoms with Crippen molar-refractivity contribution in [2.24, 2.45) is 9.98 Å². The van der Waals surface area contributed by atoms with Crippen LogP contribution in [0.4, 0.5) is 22.7 Å².